The van der Waals surface area contributed by atoms with Crippen LogP contribution in [-0.4, -0.2) is 239 Å². The van der Waals surface area contributed by atoms with Gasteiger partial charge in [-0.1, -0.05) is 159 Å². The molecule has 0 spiro atoms. The number of amides is 12. The van der Waals surface area contributed by atoms with Crippen molar-refractivity contribution in [2.75, 3.05) is 72.3 Å². The van der Waals surface area contributed by atoms with E-state index >= 15 is 24.0 Å². The van der Waals surface area contributed by atoms with Crippen LogP contribution < -0.4 is 59.3 Å². The van der Waals surface area contributed by atoms with Crippen LogP contribution in [0.25, 0.3) is 10.8 Å². The van der Waals surface area contributed by atoms with Gasteiger partial charge < -0.3 is 84.3 Å². The summed E-state index contributed by atoms with van der Waals surface area (Å²) >= 11 is 6.29. The van der Waals surface area contributed by atoms with Crippen molar-refractivity contribution in [3.63, 3.8) is 0 Å². The second-order valence-corrected chi connectivity index (χ2v) is 30.2. The van der Waals surface area contributed by atoms with Crippen LogP contribution in [0.15, 0.2) is 146 Å². The summed E-state index contributed by atoms with van der Waals surface area (Å²) in [5.41, 5.74) is 15.6. The lowest BCUT2D eigenvalue weighted by Crippen LogP contribution is -2.61. The van der Waals surface area contributed by atoms with Gasteiger partial charge in [-0.25, -0.2) is 9.69 Å². The first kappa shape index (κ1) is 88.0. The predicted molar refractivity (Wildman–Crippen MR) is 431 cm³/mol. The van der Waals surface area contributed by atoms with Gasteiger partial charge >= 0.3 is 6.03 Å². The zero-order valence-electron chi connectivity index (χ0n) is 65.0. The van der Waals surface area contributed by atoms with Crippen LogP contribution >= 0.6 is 11.6 Å². The molecule has 3 fully saturated rings. The van der Waals surface area contributed by atoms with Gasteiger partial charge in [0.15, 0.2) is 5.96 Å². The number of fused-ring (bicyclic) bond motifs is 1. The van der Waals surface area contributed by atoms with Gasteiger partial charge in [-0.2, -0.15) is 0 Å². The van der Waals surface area contributed by atoms with E-state index in [0.717, 1.165) is 32.4 Å². The molecule has 0 bridgehead atoms. The van der Waals surface area contributed by atoms with Gasteiger partial charge in [0.25, 0.3) is 5.91 Å². The lowest BCUT2D eigenvalue weighted by molar-refractivity contribution is -0.142. The standard InChI is InChI=1S/C83H107ClN16O15/c1-51(2)41-64(73(105)90-63(15-9-31-88-82(86)87)80(112)99-32-10-16-70(99)78(110)89-52(3)72(85)104)91-74(106)65(44-54-19-23-58(24-20-54)49-98-35-39-115-40-36-98)92-75(107)66(45-55-17-21-57(22-18-55)48-97(33-37-101)34-38-102)93-77(109)69(50-103)95-76(108)67(43-53-11-5-4-6-12-53)94-79(111)71(47-56-26-29-62(84)30-27-56)100-81(113)68(96-83(100)114)46-59-25-28-60-13-7-8-14-61(60)42-59/h4-8,11-14,17-30,42,51-52,63-71,101-103H,9-10,15-16,31-41,43-50H2,1-3H3,(H2,85,104)(H,89,110)(H,90,105)(H,91,106)(H,92,107)(H,93,109)(H,94,111)(H,95,108)(H,96,114)(H4,86,87,88)/t52-,63+,64+,65-,66+,67-,68?,69+,70+,71?/m1/s1. The molecule has 115 heavy (non-hydrogen) atoms. The Morgan fingerprint density at radius 1 is 0.583 bits per heavy atom. The van der Waals surface area contributed by atoms with Gasteiger partial charge in [-0.15, -0.1) is 0 Å². The molecule has 0 saturated carbocycles. The van der Waals surface area contributed by atoms with Crippen LogP contribution in [0.3, 0.4) is 0 Å². The molecule has 0 radical (unpaired) electrons. The van der Waals surface area contributed by atoms with Crippen LogP contribution in [0.5, 0.6) is 0 Å². The summed E-state index contributed by atoms with van der Waals surface area (Å²) in [6.07, 6.45) is 0.0162. The van der Waals surface area contributed by atoms with E-state index in [2.05, 4.69) is 52.8 Å². The number of guanidine groups is 1. The second kappa shape index (κ2) is 43.5. The topological polar surface area (TPSA) is 455 Å². The molecule has 0 aliphatic carbocycles. The van der Waals surface area contributed by atoms with Gasteiger partial charge in [0.1, 0.15) is 60.4 Å². The molecule has 32 heteroatoms. The van der Waals surface area contributed by atoms with Crippen molar-refractivity contribution in [2.24, 2.45) is 17.4 Å². The van der Waals surface area contributed by atoms with E-state index in [9.17, 15) is 44.1 Å². The molecule has 3 heterocycles. The van der Waals surface area contributed by atoms with Crippen molar-refractivity contribution in [3.05, 3.63) is 190 Å². The highest BCUT2D eigenvalue weighted by atomic mass is 35.5. The Balaban J connectivity index is 1.01. The van der Waals surface area contributed by atoms with Gasteiger partial charge in [-0.3, -0.25) is 63.2 Å². The van der Waals surface area contributed by atoms with Crippen LogP contribution in [0.1, 0.15) is 91.8 Å². The van der Waals surface area contributed by atoms with Crippen LogP contribution in [0, 0.1) is 11.3 Å². The molecule has 0 aromatic heterocycles. The maximum atomic E-state index is 15.6. The van der Waals surface area contributed by atoms with E-state index in [0.29, 0.717) is 73.1 Å². The van der Waals surface area contributed by atoms with Crippen molar-refractivity contribution in [1.29, 1.82) is 5.41 Å². The molecule has 6 aromatic carbocycles. The highest BCUT2D eigenvalue weighted by Gasteiger charge is 2.46. The number of imide groups is 1. The van der Waals surface area contributed by atoms with Crippen LogP contribution in [-0.2, 0) is 97.9 Å². The molecule has 2 unspecified atom stereocenters. The maximum absolute atomic E-state index is 15.6. The van der Waals surface area contributed by atoms with Crippen molar-refractivity contribution < 1.29 is 72.8 Å². The number of carbonyl (C=O) groups is 11. The number of carbonyl (C=O) groups excluding carboxylic acids is 11. The zero-order valence-corrected chi connectivity index (χ0v) is 65.8. The smallest absolute Gasteiger partial charge is 0.325 e. The first-order valence-electron chi connectivity index (χ1n) is 39.0. The first-order chi connectivity index (χ1) is 55.3. The molecule has 616 valence electrons. The second-order valence-electron chi connectivity index (χ2n) is 29.8. The monoisotopic (exact) mass is 1600 g/mol. The Bertz CT molecular complexity index is 4320. The van der Waals surface area contributed by atoms with Crippen LogP contribution in [0.2, 0.25) is 5.02 Å². The number of nitrogens with zero attached hydrogens (tertiary/aromatic N) is 4. The normalized spacial score (nSPS) is 17.1. The van der Waals surface area contributed by atoms with E-state index in [4.69, 9.17) is 33.2 Å². The average Bonchev–Trinajstić information content (AvgIpc) is 1.65. The van der Waals surface area contributed by atoms with Crippen LogP contribution in [0.4, 0.5) is 4.79 Å². The summed E-state index contributed by atoms with van der Waals surface area (Å²) in [5, 5.41) is 65.3. The Kier molecular flexibility index (Phi) is 33.3. The number of benzene rings is 6. The maximum Gasteiger partial charge on any atom is 0.325 e. The van der Waals surface area contributed by atoms with E-state index in [1.165, 1.54) is 11.8 Å². The molecule has 3 saturated heterocycles. The number of aliphatic hydroxyl groups is 3. The van der Waals surface area contributed by atoms with Gasteiger partial charge in [0, 0.05) is 89.5 Å². The summed E-state index contributed by atoms with van der Waals surface area (Å²) in [5.74, 6) is -8.95. The summed E-state index contributed by atoms with van der Waals surface area (Å²) in [6, 6.07) is 27.8. The number of halogens is 1. The van der Waals surface area contributed by atoms with Crippen molar-refractivity contribution in [1.82, 2.24) is 67.5 Å². The average molecular weight is 1600 g/mol. The predicted octanol–water partition coefficient (Wildman–Crippen LogP) is 1.11. The number of morpholine rings is 1. The third kappa shape index (κ3) is 26.3. The molecule has 17 N–H and O–H groups in total. The Morgan fingerprint density at radius 2 is 1.09 bits per heavy atom. The molecule has 3 aliphatic rings. The number of likely N-dealkylation sites (tertiary alicyclic amines) is 1. The molecule has 31 nitrogen and oxygen atoms in total. The highest BCUT2D eigenvalue weighted by molar-refractivity contribution is 6.30. The number of primary amides is 1. The van der Waals surface area contributed by atoms with Gasteiger partial charge in [0.2, 0.25) is 53.2 Å². The fourth-order valence-corrected chi connectivity index (χ4v) is 14.4. The fourth-order valence-electron chi connectivity index (χ4n) is 14.3. The number of hydrogen-bond acceptors (Lipinski definition) is 18. The van der Waals surface area contributed by atoms with Crippen molar-refractivity contribution in [3.8, 4) is 0 Å². The van der Waals surface area contributed by atoms with E-state index in [1.807, 2.05) is 73.3 Å². The van der Waals surface area contributed by atoms with Crippen molar-refractivity contribution in [2.45, 2.75) is 158 Å². The number of nitrogens with two attached hydrogens (primary N) is 2. The summed E-state index contributed by atoms with van der Waals surface area (Å²) < 4.78 is 5.56. The summed E-state index contributed by atoms with van der Waals surface area (Å²) in [7, 11) is 0. The fraction of sp³-hybridized carbons (Fsp3) is 0.446. The number of ether oxygens (including phenoxy) is 1. The van der Waals surface area contributed by atoms with Gasteiger partial charge in [0.05, 0.1) is 33.0 Å². The Labute approximate surface area is 673 Å². The van der Waals surface area contributed by atoms with E-state index in [-0.39, 0.29) is 109 Å². The molecule has 10 atom stereocenters. The minimum absolute atomic E-state index is 0.00459. The zero-order chi connectivity index (χ0) is 82.7. The summed E-state index contributed by atoms with van der Waals surface area (Å²) in [6.45, 7) is 7.86. The van der Waals surface area contributed by atoms with Gasteiger partial charge in [-0.05, 0) is 107 Å². The number of urea groups is 1. The molecule has 12 amide bonds. The Morgan fingerprint density at radius 3 is 1.67 bits per heavy atom. The SMILES string of the molecule is CC(C)C[C@H](NC(=O)[C@@H](Cc1ccc(CN2CCOCC2)cc1)NC(=O)[C@H](Cc1ccc(CN(CCO)CCO)cc1)NC(=O)[C@H](CO)NC(=O)[C@@H](Cc1ccccc1)NC(=O)C(Cc1ccc(Cl)cc1)N1C(=O)NC(Cc2ccc3ccccc3c2)C1=O)C(=O)N[C@@H](CCCNC(=N)N)C(=O)N1CCC[C@H]1C(=O)N[C@H](C)C(N)=O. The third-order valence-electron chi connectivity index (χ3n) is 20.5. The molecule has 9 rings (SSSR count). The largest absolute Gasteiger partial charge is 0.395 e. The number of aliphatic hydroxyl groups excluding tert-OH is 3. The Hall–Kier alpha value is -10.9. The lowest BCUT2D eigenvalue weighted by atomic mass is 9.99. The minimum Gasteiger partial charge on any atom is -0.395 e. The number of nitrogens with one attached hydrogen (secondary N) is 10. The summed E-state index contributed by atoms with van der Waals surface area (Å²) in [4.78, 5) is 166. The quantitative estimate of drug-likeness (QED) is 0.0110. The van der Waals surface area contributed by atoms with E-state index < -0.39 is 132 Å². The highest BCUT2D eigenvalue weighted by Crippen LogP contribution is 2.25. The number of hydrogen-bond donors (Lipinski definition) is 15. The number of rotatable bonds is 42. The van der Waals surface area contributed by atoms with Crippen molar-refractivity contribution >= 4 is 93.4 Å². The first-order valence-corrected chi connectivity index (χ1v) is 39.3. The lowest BCUT2D eigenvalue weighted by Gasteiger charge is -2.31. The molecule has 3 aliphatic heterocycles. The molecular weight excluding hydrogens is 1500 g/mol. The third-order valence-corrected chi connectivity index (χ3v) is 20.7. The van der Waals surface area contributed by atoms with E-state index in [1.54, 1.807) is 91.0 Å². The molecular formula is C83H107ClN16O15. The minimum atomic E-state index is -1.85. The molecule has 6 aromatic rings.